The van der Waals surface area contributed by atoms with E-state index in [4.69, 9.17) is 9.73 Å². The van der Waals surface area contributed by atoms with E-state index in [1.807, 2.05) is 12.1 Å². The molecule has 6 aliphatic rings. The van der Waals surface area contributed by atoms with E-state index < -0.39 is 4.92 Å². The Balaban J connectivity index is 1.25. The minimum absolute atomic E-state index is 0.0110. The first-order valence-electron chi connectivity index (χ1n) is 12.8. The smallest absolute Gasteiger partial charge is 0.270 e. The average molecular weight is 483 g/mol. The topological polar surface area (TPSA) is 88.3 Å². The van der Waals surface area contributed by atoms with Crippen LogP contribution in [0.15, 0.2) is 59.1 Å². The van der Waals surface area contributed by atoms with Crippen LogP contribution >= 0.6 is 0 Å². The van der Waals surface area contributed by atoms with Gasteiger partial charge in [-0.2, -0.15) is 0 Å². The second kappa shape index (κ2) is 7.11. The number of aliphatic imine (C=N–C) groups is 1. The first-order valence-corrected chi connectivity index (χ1v) is 12.8. The summed E-state index contributed by atoms with van der Waals surface area (Å²) in [5, 5.41) is 11.1. The second-order valence-electron chi connectivity index (χ2n) is 11.1. The third-order valence-corrected chi connectivity index (χ3v) is 9.74. The molecule has 1 saturated carbocycles. The Hall–Kier alpha value is -3.36. The molecule has 2 bridgehead atoms. The highest BCUT2D eigenvalue weighted by molar-refractivity contribution is 5.99. The van der Waals surface area contributed by atoms with Crippen LogP contribution in [0.2, 0.25) is 0 Å². The molecule has 5 heterocycles. The van der Waals surface area contributed by atoms with Crippen molar-refractivity contribution in [3.05, 3.63) is 75.4 Å². The Kier molecular flexibility index (Phi) is 4.11. The maximum atomic E-state index is 13.6. The Morgan fingerprint density at radius 3 is 3.03 bits per heavy atom. The fraction of sp³-hybridized carbons (Fsp3) is 0.429. The van der Waals surface area contributed by atoms with Gasteiger partial charge in [0.1, 0.15) is 0 Å². The van der Waals surface area contributed by atoms with E-state index in [9.17, 15) is 14.9 Å². The normalized spacial score (nSPS) is 35.6. The van der Waals surface area contributed by atoms with Crippen molar-refractivity contribution in [3.63, 3.8) is 0 Å². The van der Waals surface area contributed by atoms with Crippen LogP contribution in [0.25, 0.3) is 0 Å². The number of nitro groups is 1. The van der Waals surface area contributed by atoms with Gasteiger partial charge in [-0.25, -0.2) is 0 Å². The van der Waals surface area contributed by atoms with Gasteiger partial charge in [-0.15, -0.1) is 0 Å². The SMILES string of the molecule is O=C1C[C@@H]2OCC=C3CN4CC[C@@]56c7cc(N=Cc8cccc([N+](=O)[O-])c8)ccc7N1[C@H]5[C@@H]2[C@H]3C[C@H]46. The molecule has 1 amide bonds. The number of piperidine rings is 2. The van der Waals surface area contributed by atoms with E-state index in [1.54, 1.807) is 12.3 Å². The lowest BCUT2D eigenvalue weighted by Crippen LogP contribution is -2.69. The molecule has 2 aromatic rings. The van der Waals surface area contributed by atoms with Crippen LogP contribution in [0.3, 0.4) is 0 Å². The summed E-state index contributed by atoms with van der Waals surface area (Å²) >= 11 is 0. The number of nitrogens with zero attached hydrogens (tertiary/aromatic N) is 4. The van der Waals surface area contributed by atoms with Crippen LogP contribution in [-0.2, 0) is 14.9 Å². The minimum atomic E-state index is -0.392. The number of anilines is 1. The van der Waals surface area contributed by atoms with Crippen LogP contribution in [0, 0.1) is 22.0 Å². The molecule has 1 aliphatic carbocycles. The highest BCUT2D eigenvalue weighted by Crippen LogP contribution is 2.66. The lowest BCUT2D eigenvalue weighted by atomic mass is 9.53. The van der Waals surface area contributed by atoms with Crippen LogP contribution in [0.5, 0.6) is 0 Å². The van der Waals surface area contributed by atoms with Crippen molar-refractivity contribution in [1.29, 1.82) is 0 Å². The van der Waals surface area contributed by atoms with Gasteiger partial charge in [0.15, 0.2) is 0 Å². The van der Waals surface area contributed by atoms with Gasteiger partial charge >= 0.3 is 0 Å². The van der Waals surface area contributed by atoms with E-state index in [-0.39, 0.29) is 29.2 Å². The van der Waals surface area contributed by atoms with E-state index in [0.29, 0.717) is 36.5 Å². The molecular weight excluding hydrogens is 456 g/mol. The van der Waals surface area contributed by atoms with Crippen molar-refractivity contribution in [2.45, 2.75) is 42.9 Å². The summed E-state index contributed by atoms with van der Waals surface area (Å²) in [5.41, 5.74) is 5.26. The predicted octanol–water partition coefficient (Wildman–Crippen LogP) is 3.75. The number of carbonyl (C=O) groups excluding carboxylic acids is 1. The zero-order chi connectivity index (χ0) is 24.2. The van der Waals surface area contributed by atoms with Crippen LogP contribution < -0.4 is 4.90 Å². The molecule has 182 valence electrons. The van der Waals surface area contributed by atoms with Crippen molar-refractivity contribution in [2.75, 3.05) is 24.6 Å². The molecule has 0 radical (unpaired) electrons. The number of carbonyl (C=O) groups is 1. The Morgan fingerprint density at radius 1 is 1.22 bits per heavy atom. The van der Waals surface area contributed by atoms with Crippen LogP contribution in [0.4, 0.5) is 17.1 Å². The number of nitro benzene ring substituents is 1. The third-order valence-electron chi connectivity index (χ3n) is 9.74. The van der Waals surface area contributed by atoms with Gasteiger partial charge < -0.3 is 9.64 Å². The molecule has 2 aromatic carbocycles. The first kappa shape index (κ1) is 20.8. The number of rotatable bonds is 3. The molecule has 6 atom stereocenters. The summed E-state index contributed by atoms with van der Waals surface area (Å²) in [6.07, 6.45) is 6.60. The predicted molar refractivity (Wildman–Crippen MR) is 134 cm³/mol. The molecule has 3 saturated heterocycles. The summed E-state index contributed by atoms with van der Waals surface area (Å²) in [4.78, 5) is 33.8. The highest BCUT2D eigenvalue weighted by Gasteiger charge is 2.71. The standard InChI is InChI=1S/C28H26N4O4/c33-25-13-23-26-20-12-24-28(7-8-30(24)15-17(20)6-9-36-23)21-11-18(4-5-22(21)31(25)27(26)28)29-14-16-2-1-3-19(10-16)32(34)35/h1-6,10-11,14,20,23-24,26-27H,7-9,12-13,15H2/t20-,23-,24-,26+,27-,28-/m0/s1. The molecule has 4 fully saturated rings. The Morgan fingerprint density at radius 2 is 2.14 bits per heavy atom. The molecule has 8 nitrogen and oxygen atoms in total. The zero-order valence-electron chi connectivity index (χ0n) is 19.7. The largest absolute Gasteiger partial charge is 0.373 e. The quantitative estimate of drug-likeness (QED) is 0.288. The van der Waals surface area contributed by atoms with Gasteiger partial charge in [0.25, 0.3) is 5.69 Å². The number of ether oxygens (including phenoxy) is 1. The lowest BCUT2D eigenvalue weighted by Gasteiger charge is -2.58. The molecule has 0 N–H and O–H groups in total. The van der Waals surface area contributed by atoms with Gasteiger partial charge in [-0.1, -0.05) is 23.8 Å². The van der Waals surface area contributed by atoms with E-state index in [2.05, 4.69) is 28.0 Å². The third kappa shape index (κ3) is 2.56. The highest BCUT2D eigenvalue weighted by atomic mass is 16.6. The van der Waals surface area contributed by atoms with Crippen molar-refractivity contribution in [2.24, 2.45) is 16.8 Å². The van der Waals surface area contributed by atoms with Crippen molar-refractivity contribution in [1.82, 2.24) is 4.90 Å². The van der Waals surface area contributed by atoms with Crippen LogP contribution in [0.1, 0.15) is 30.4 Å². The Labute approximate surface area is 208 Å². The summed E-state index contributed by atoms with van der Waals surface area (Å²) < 4.78 is 6.32. The van der Waals surface area contributed by atoms with E-state index >= 15 is 0 Å². The lowest BCUT2D eigenvalue weighted by molar-refractivity contribution is -0.384. The van der Waals surface area contributed by atoms with Crippen LogP contribution in [-0.4, -0.2) is 59.8 Å². The fourth-order valence-corrected chi connectivity index (χ4v) is 8.49. The molecule has 5 aliphatic heterocycles. The number of benzene rings is 2. The zero-order valence-corrected chi connectivity index (χ0v) is 19.7. The first-order chi connectivity index (χ1) is 17.5. The summed E-state index contributed by atoms with van der Waals surface area (Å²) in [5.74, 6) is 0.998. The monoisotopic (exact) mass is 482 g/mol. The molecular formula is C28H26N4O4. The molecule has 36 heavy (non-hydrogen) atoms. The Bertz CT molecular complexity index is 1400. The van der Waals surface area contributed by atoms with Gasteiger partial charge in [0, 0.05) is 48.0 Å². The second-order valence-corrected chi connectivity index (χ2v) is 11.1. The molecule has 1 spiro atoms. The molecule has 8 rings (SSSR count). The number of hydrogen-bond donors (Lipinski definition) is 0. The number of fused-ring (bicyclic) bond motifs is 2. The number of amides is 1. The molecule has 0 unspecified atom stereocenters. The van der Waals surface area contributed by atoms with Crippen molar-refractivity contribution >= 4 is 29.2 Å². The maximum absolute atomic E-state index is 13.6. The van der Waals surface area contributed by atoms with Gasteiger partial charge in [0.2, 0.25) is 5.91 Å². The maximum Gasteiger partial charge on any atom is 0.270 e. The van der Waals surface area contributed by atoms with Crippen molar-refractivity contribution in [3.8, 4) is 0 Å². The average Bonchev–Trinajstić information content (AvgIpc) is 3.35. The fourth-order valence-electron chi connectivity index (χ4n) is 8.49. The number of hydrogen-bond acceptors (Lipinski definition) is 6. The summed E-state index contributed by atoms with van der Waals surface area (Å²) in [6, 6.07) is 13.3. The van der Waals surface area contributed by atoms with E-state index in [0.717, 1.165) is 37.3 Å². The minimum Gasteiger partial charge on any atom is -0.373 e. The molecule has 0 aromatic heterocycles. The summed E-state index contributed by atoms with van der Waals surface area (Å²) in [6.45, 7) is 2.68. The number of non-ortho nitro benzene ring substituents is 1. The van der Waals surface area contributed by atoms with Crippen molar-refractivity contribution < 1.29 is 14.5 Å². The van der Waals surface area contributed by atoms with Gasteiger partial charge in [-0.05, 0) is 54.6 Å². The van der Waals surface area contributed by atoms with E-state index in [1.165, 1.54) is 23.3 Å². The summed E-state index contributed by atoms with van der Waals surface area (Å²) in [7, 11) is 0. The molecule has 8 heteroatoms. The van der Waals surface area contributed by atoms with Gasteiger partial charge in [0.05, 0.1) is 35.8 Å². The van der Waals surface area contributed by atoms with Gasteiger partial charge in [-0.3, -0.25) is 24.8 Å².